The lowest BCUT2D eigenvalue weighted by Gasteiger charge is -2.28. The predicted molar refractivity (Wildman–Crippen MR) is 99.8 cm³/mol. The Hall–Kier alpha value is -1.96. The first-order valence-corrected chi connectivity index (χ1v) is 10.4. The van der Waals surface area contributed by atoms with Gasteiger partial charge < -0.3 is 20.1 Å². The molecule has 4 rings (SSSR count). The number of carbonyl (C=O) groups excluding carboxylic acids is 2. The highest BCUT2D eigenvalue weighted by Gasteiger charge is 2.27. The maximum absolute atomic E-state index is 12.2. The van der Waals surface area contributed by atoms with Crippen molar-refractivity contribution in [3.8, 4) is 0 Å². The molecule has 1 saturated heterocycles. The van der Waals surface area contributed by atoms with E-state index in [9.17, 15) is 9.59 Å². The van der Waals surface area contributed by atoms with Crippen molar-refractivity contribution in [1.82, 2.24) is 30.3 Å². The molecule has 2 N–H and O–H groups in total. The van der Waals surface area contributed by atoms with Crippen LogP contribution in [-0.2, 0) is 29.1 Å². The second-order valence-electron chi connectivity index (χ2n) is 8.12. The Kier molecular flexibility index (Phi) is 5.71. The maximum Gasteiger partial charge on any atom is 0.242 e. The van der Waals surface area contributed by atoms with Crippen molar-refractivity contribution in [2.45, 2.75) is 70.5 Å². The standard InChI is InChI=1S/C19H30N6O2/c26-18-7-6-15(21-18)19(27)20-12-17-23-22-16-8-9-24(10-11-25(16)17)13-14-4-2-1-3-5-14/h14-15H,1-13H2,(H,20,27)(H,21,26). The van der Waals surface area contributed by atoms with Crippen molar-refractivity contribution in [2.75, 3.05) is 19.6 Å². The van der Waals surface area contributed by atoms with Gasteiger partial charge in [-0.2, -0.15) is 0 Å². The Labute approximate surface area is 160 Å². The number of rotatable bonds is 5. The van der Waals surface area contributed by atoms with E-state index in [4.69, 9.17) is 0 Å². The van der Waals surface area contributed by atoms with E-state index in [1.807, 2.05) is 0 Å². The molecular formula is C19H30N6O2. The van der Waals surface area contributed by atoms with Gasteiger partial charge in [0.15, 0.2) is 5.82 Å². The van der Waals surface area contributed by atoms with Crippen molar-refractivity contribution in [3.63, 3.8) is 0 Å². The molecule has 27 heavy (non-hydrogen) atoms. The molecule has 3 heterocycles. The van der Waals surface area contributed by atoms with E-state index in [-0.39, 0.29) is 11.8 Å². The first kappa shape index (κ1) is 18.4. The molecule has 148 valence electrons. The molecule has 1 unspecified atom stereocenters. The minimum absolute atomic E-state index is 0.0513. The van der Waals surface area contributed by atoms with Crippen LogP contribution in [0.25, 0.3) is 0 Å². The van der Waals surface area contributed by atoms with E-state index >= 15 is 0 Å². The number of nitrogens with one attached hydrogen (secondary N) is 2. The summed E-state index contributed by atoms with van der Waals surface area (Å²) in [6.45, 7) is 4.49. The molecule has 1 atom stereocenters. The largest absolute Gasteiger partial charge is 0.347 e. The van der Waals surface area contributed by atoms with E-state index in [1.54, 1.807) is 0 Å². The number of hydrogen-bond donors (Lipinski definition) is 2. The third kappa shape index (κ3) is 4.48. The van der Waals surface area contributed by atoms with E-state index < -0.39 is 6.04 Å². The number of aromatic nitrogens is 3. The summed E-state index contributed by atoms with van der Waals surface area (Å²) in [6, 6.07) is -0.407. The SMILES string of the molecule is O=C1CCC(C(=O)NCc2nnc3n2CCN(CC2CCCCC2)CC3)N1. The fourth-order valence-corrected chi connectivity index (χ4v) is 4.58. The predicted octanol–water partition coefficient (Wildman–Crippen LogP) is 0.611. The number of carbonyl (C=O) groups is 2. The molecule has 3 aliphatic rings. The normalized spacial score (nSPS) is 24.3. The van der Waals surface area contributed by atoms with Crippen LogP contribution in [0.15, 0.2) is 0 Å². The van der Waals surface area contributed by atoms with Crippen LogP contribution < -0.4 is 10.6 Å². The van der Waals surface area contributed by atoms with Gasteiger partial charge in [-0.1, -0.05) is 19.3 Å². The highest BCUT2D eigenvalue weighted by molar-refractivity contribution is 5.90. The van der Waals surface area contributed by atoms with Gasteiger partial charge in [0.1, 0.15) is 11.9 Å². The van der Waals surface area contributed by atoms with Gasteiger partial charge in [-0.3, -0.25) is 9.59 Å². The molecule has 0 spiro atoms. The fourth-order valence-electron chi connectivity index (χ4n) is 4.58. The van der Waals surface area contributed by atoms with E-state index in [0.29, 0.717) is 19.4 Å². The van der Waals surface area contributed by atoms with E-state index in [1.165, 1.54) is 38.6 Å². The lowest BCUT2D eigenvalue weighted by atomic mass is 9.89. The first-order chi connectivity index (χ1) is 13.2. The zero-order chi connectivity index (χ0) is 18.6. The Bertz CT molecular complexity index is 682. The first-order valence-electron chi connectivity index (χ1n) is 10.4. The molecule has 1 saturated carbocycles. The van der Waals surface area contributed by atoms with Crippen molar-refractivity contribution >= 4 is 11.8 Å². The summed E-state index contributed by atoms with van der Waals surface area (Å²) in [5.41, 5.74) is 0. The van der Waals surface area contributed by atoms with Gasteiger partial charge in [-0.05, 0) is 25.2 Å². The number of hydrogen-bond acceptors (Lipinski definition) is 5. The van der Waals surface area contributed by atoms with Gasteiger partial charge >= 0.3 is 0 Å². The molecule has 1 aromatic heterocycles. The Morgan fingerprint density at radius 2 is 1.93 bits per heavy atom. The van der Waals surface area contributed by atoms with Gasteiger partial charge in [0.2, 0.25) is 11.8 Å². The minimum atomic E-state index is -0.407. The van der Waals surface area contributed by atoms with Crippen molar-refractivity contribution in [1.29, 1.82) is 0 Å². The minimum Gasteiger partial charge on any atom is -0.347 e. The van der Waals surface area contributed by atoms with Crippen LogP contribution in [-0.4, -0.2) is 57.2 Å². The van der Waals surface area contributed by atoms with Crippen LogP contribution in [0.2, 0.25) is 0 Å². The van der Waals surface area contributed by atoms with Crippen molar-refractivity contribution in [3.05, 3.63) is 11.6 Å². The van der Waals surface area contributed by atoms with Gasteiger partial charge in [0.25, 0.3) is 0 Å². The molecular weight excluding hydrogens is 344 g/mol. The molecule has 2 amide bonds. The summed E-state index contributed by atoms with van der Waals surface area (Å²) >= 11 is 0. The Morgan fingerprint density at radius 1 is 1.07 bits per heavy atom. The molecule has 2 fully saturated rings. The van der Waals surface area contributed by atoms with Gasteiger partial charge in [0, 0.05) is 39.0 Å². The van der Waals surface area contributed by atoms with Gasteiger partial charge in [-0.25, -0.2) is 0 Å². The van der Waals surface area contributed by atoms with Crippen LogP contribution in [0.1, 0.15) is 56.6 Å². The van der Waals surface area contributed by atoms with Crippen LogP contribution in [0.3, 0.4) is 0 Å². The highest BCUT2D eigenvalue weighted by atomic mass is 16.2. The van der Waals surface area contributed by atoms with Crippen LogP contribution >= 0.6 is 0 Å². The maximum atomic E-state index is 12.2. The number of amides is 2. The lowest BCUT2D eigenvalue weighted by Crippen LogP contribution is -2.41. The van der Waals surface area contributed by atoms with Crippen molar-refractivity contribution < 1.29 is 9.59 Å². The molecule has 2 aliphatic heterocycles. The Balaban J connectivity index is 1.30. The second-order valence-corrected chi connectivity index (χ2v) is 8.12. The second kappa shape index (κ2) is 8.37. The molecule has 0 bridgehead atoms. The monoisotopic (exact) mass is 374 g/mol. The summed E-state index contributed by atoms with van der Waals surface area (Å²) in [5.74, 6) is 2.49. The Morgan fingerprint density at radius 3 is 2.70 bits per heavy atom. The quantitative estimate of drug-likeness (QED) is 0.788. The molecule has 0 radical (unpaired) electrons. The number of fused-ring (bicyclic) bond motifs is 1. The molecule has 1 aliphatic carbocycles. The summed E-state index contributed by atoms with van der Waals surface area (Å²) in [4.78, 5) is 26.0. The molecule has 0 aromatic carbocycles. The molecule has 8 heteroatoms. The zero-order valence-electron chi connectivity index (χ0n) is 16.0. The van der Waals surface area contributed by atoms with Crippen LogP contribution in [0.5, 0.6) is 0 Å². The van der Waals surface area contributed by atoms with Gasteiger partial charge in [-0.15, -0.1) is 10.2 Å². The molecule has 8 nitrogen and oxygen atoms in total. The topological polar surface area (TPSA) is 92.1 Å². The average molecular weight is 374 g/mol. The number of nitrogens with zero attached hydrogens (tertiary/aromatic N) is 4. The van der Waals surface area contributed by atoms with Crippen LogP contribution in [0, 0.1) is 5.92 Å². The third-order valence-electron chi connectivity index (χ3n) is 6.17. The lowest BCUT2D eigenvalue weighted by molar-refractivity contribution is -0.125. The average Bonchev–Trinajstić information content (AvgIpc) is 3.23. The summed E-state index contributed by atoms with van der Waals surface area (Å²) in [6.07, 6.45) is 8.82. The highest BCUT2D eigenvalue weighted by Crippen LogP contribution is 2.25. The third-order valence-corrected chi connectivity index (χ3v) is 6.17. The van der Waals surface area contributed by atoms with E-state index in [0.717, 1.165) is 43.6 Å². The van der Waals surface area contributed by atoms with Crippen molar-refractivity contribution in [2.24, 2.45) is 5.92 Å². The summed E-state index contributed by atoms with van der Waals surface area (Å²) in [5, 5.41) is 14.2. The van der Waals surface area contributed by atoms with Gasteiger partial charge in [0.05, 0.1) is 6.54 Å². The fraction of sp³-hybridized carbons (Fsp3) is 0.789. The molecule has 1 aromatic rings. The van der Waals surface area contributed by atoms with E-state index in [2.05, 4.69) is 30.3 Å². The van der Waals surface area contributed by atoms with Crippen LogP contribution in [0.4, 0.5) is 0 Å². The smallest absolute Gasteiger partial charge is 0.242 e. The zero-order valence-corrected chi connectivity index (χ0v) is 16.0. The summed E-state index contributed by atoms with van der Waals surface area (Å²) < 4.78 is 2.16. The summed E-state index contributed by atoms with van der Waals surface area (Å²) in [7, 11) is 0.